The van der Waals surface area contributed by atoms with Crippen LogP contribution in [0, 0.1) is 13.8 Å². The molecular formula is C13H18N2O2. The first-order valence-corrected chi connectivity index (χ1v) is 5.58. The van der Waals surface area contributed by atoms with E-state index in [1.54, 1.807) is 19.1 Å². The molecule has 4 nitrogen and oxygen atoms in total. The summed E-state index contributed by atoms with van der Waals surface area (Å²) >= 11 is 0. The Labute approximate surface area is 102 Å². The molecule has 0 spiro atoms. The summed E-state index contributed by atoms with van der Waals surface area (Å²) in [5, 5.41) is 9.26. The van der Waals surface area contributed by atoms with Crippen molar-refractivity contribution in [2.45, 2.75) is 20.8 Å². The molecule has 0 aliphatic rings. The fourth-order valence-electron chi connectivity index (χ4n) is 1.83. The van der Waals surface area contributed by atoms with Crippen LogP contribution in [0.2, 0.25) is 0 Å². The maximum Gasteiger partial charge on any atom is 0.339 e. The van der Waals surface area contributed by atoms with Gasteiger partial charge in [0.25, 0.3) is 0 Å². The number of likely N-dealkylation sites (N-methyl/N-ethyl adjacent to an activating group) is 1. The van der Waals surface area contributed by atoms with Crippen molar-refractivity contribution in [3.05, 3.63) is 35.5 Å². The van der Waals surface area contributed by atoms with Gasteiger partial charge in [-0.15, -0.1) is 6.58 Å². The largest absolute Gasteiger partial charge is 0.478 e. The summed E-state index contributed by atoms with van der Waals surface area (Å²) < 4.78 is 0. The van der Waals surface area contributed by atoms with E-state index in [9.17, 15) is 9.90 Å². The Morgan fingerprint density at radius 3 is 2.71 bits per heavy atom. The first kappa shape index (κ1) is 13.2. The van der Waals surface area contributed by atoms with Crippen molar-refractivity contribution in [3.63, 3.8) is 0 Å². The molecule has 4 heteroatoms. The molecule has 17 heavy (non-hydrogen) atoms. The Balaban J connectivity index is 3.37. The summed E-state index contributed by atoms with van der Waals surface area (Å²) in [6.45, 7) is 10.6. The number of hydrogen-bond acceptors (Lipinski definition) is 3. The second-order valence-electron chi connectivity index (χ2n) is 3.91. The molecule has 0 unspecified atom stereocenters. The molecule has 0 radical (unpaired) electrons. The fraction of sp³-hybridized carbons (Fsp3) is 0.385. The predicted molar refractivity (Wildman–Crippen MR) is 68.8 cm³/mol. The van der Waals surface area contributed by atoms with E-state index in [0.29, 0.717) is 18.9 Å². The third-order valence-electron chi connectivity index (χ3n) is 2.57. The average molecular weight is 234 g/mol. The summed E-state index contributed by atoms with van der Waals surface area (Å²) in [5.41, 5.74) is 1.84. The molecule has 0 saturated heterocycles. The van der Waals surface area contributed by atoms with Gasteiger partial charge in [0.05, 0.1) is 0 Å². The Kier molecular flexibility index (Phi) is 4.26. The molecule has 0 fully saturated rings. The summed E-state index contributed by atoms with van der Waals surface area (Å²) in [4.78, 5) is 17.5. The van der Waals surface area contributed by atoms with Crippen LogP contribution < -0.4 is 4.90 Å². The van der Waals surface area contributed by atoms with Crippen LogP contribution in [-0.2, 0) is 0 Å². The minimum Gasteiger partial charge on any atom is -0.478 e. The highest BCUT2D eigenvalue weighted by Gasteiger charge is 2.19. The lowest BCUT2D eigenvalue weighted by Gasteiger charge is -2.23. The molecule has 0 bridgehead atoms. The Hall–Kier alpha value is -1.84. The maximum atomic E-state index is 11.3. The van der Waals surface area contributed by atoms with Crippen molar-refractivity contribution in [3.8, 4) is 0 Å². The van der Waals surface area contributed by atoms with E-state index in [1.165, 1.54) is 0 Å². The molecular weight excluding hydrogens is 216 g/mol. The second kappa shape index (κ2) is 5.48. The minimum absolute atomic E-state index is 0.277. The van der Waals surface area contributed by atoms with Gasteiger partial charge in [-0.1, -0.05) is 6.08 Å². The SMILES string of the molecule is C=CCN(CC)c1nc(C)cc(C)c1C(=O)O. The van der Waals surface area contributed by atoms with Gasteiger partial charge in [-0.3, -0.25) is 0 Å². The number of rotatable bonds is 5. The molecule has 1 aromatic rings. The number of hydrogen-bond donors (Lipinski definition) is 1. The summed E-state index contributed by atoms with van der Waals surface area (Å²) in [5.74, 6) is -0.412. The van der Waals surface area contributed by atoms with Gasteiger partial charge in [0.15, 0.2) is 0 Å². The summed E-state index contributed by atoms with van der Waals surface area (Å²) in [6, 6.07) is 1.79. The Morgan fingerprint density at radius 1 is 1.59 bits per heavy atom. The van der Waals surface area contributed by atoms with Crippen molar-refractivity contribution in [1.82, 2.24) is 4.98 Å². The van der Waals surface area contributed by atoms with E-state index in [1.807, 2.05) is 18.7 Å². The highest BCUT2D eigenvalue weighted by molar-refractivity contribution is 5.95. The normalized spacial score (nSPS) is 10.1. The fourth-order valence-corrected chi connectivity index (χ4v) is 1.83. The van der Waals surface area contributed by atoms with E-state index in [2.05, 4.69) is 11.6 Å². The zero-order valence-corrected chi connectivity index (χ0v) is 10.5. The standard InChI is InChI=1S/C13H18N2O2/c1-5-7-15(6-2)12-11(13(16)17)9(3)8-10(4)14-12/h5,8H,1,6-7H2,2-4H3,(H,16,17). The lowest BCUT2D eigenvalue weighted by molar-refractivity contribution is 0.0696. The molecule has 0 saturated carbocycles. The van der Waals surface area contributed by atoms with Gasteiger partial charge in [0, 0.05) is 18.8 Å². The monoisotopic (exact) mass is 234 g/mol. The van der Waals surface area contributed by atoms with Gasteiger partial charge in [0.2, 0.25) is 0 Å². The molecule has 0 atom stereocenters. The number of pyridine rings is 1. The van der Waals surface area contributed by atoms with Crippen molar-refractivity contribution in [1.29, 1.82) is 0 Å². The van der Waals surface area contributed by atoms with Gasteiger partial charge in [-0.05, 0) is 32.4 Å². The van der Waals surface area contributed by atoms with Crippen molar-refractivity contribution in [2.24, 2.45) is 0 Å². The molecule has 1 N–H and O–H groups in total. The number of aryl methyl sites for hydroxylation is 2. The molecule has 0 aliphatic carbocycles. The molecule has 0 aliphatic heterocycles. The highest BCUT2D eigenvalue weighted by atomic mass is 16.4. The summed E-state index contributed by atoms with van der Waals surface area (Å²) in [7, 11) is 0. The topological polar surface area (TPSA) is 53.4 Å². The number of carbonyl (C=O) groups is 1. The zero-order chi connectivity index (χ0) is 13.0. The molecule has 0 amide bonds. The van der Waals surface area contributed by atoms with Crippen molar-refractivity contribution in [2.75, 3.05) is 18.0 Å². The Morgan fingerprint density at radius 2 is 2.24 bits per heavy atom. The van der Waals surface area contributed by atoms with Crippen LogP contribution in [0.15, 0.2) is 18.7 Å². The van der Waals surface area contributed by atoms with E-state index >= 15 is 0 Å². The summed E-state index contributed by atoms with van der Waals surface area (Å²) in [6.07, 6.45) is 1.74. The van der Waals surface area contributed by atoms with Gasteiger partial charge in [-0.2, -0.15) is 0 Å². The number of carboxylic acids is 1. The lowest BCUT2D eigenvalue weighted by Crippen LogP contribution is -2.26. The van der Waals surface area contributed by atoms with Gasteiger partial charge >= 0.3 is 5.97 Å². The van der Waals surface area contributed by atoms with Crippen LogP contribution in [0.4, 0.5) is 5.82 Å². The Bertz CT molecular complexity index is 441. The minimum atomic E-state index is -0.937. The van der Waals surface area contributed by atoms with Gasteiger partial charge in [-0.25, -0.2) is 9.78 Å². The van der Waals surface area contributed by atoms with Crippen molar-refractivity contribution >= 4 is 11.8 Å². The molecule has 1 rings (SSSR count). The molecule has 1 heterocycles. The van der Waals surface area contributed by atoms with E-state index < -0.39 is 5.97 Å². The lowest BCUT2D eigenvalue weighted by atomic mass is 10.1. The molecule has 92 valence electrons. The zero-order valence-electron chi connectivity index (χ0n) is 10.5. The smallest absolute Gasteiger partial charge is 0.339 e. The number of carboxylic acid groups (broad SMARTS) is 1. The number of anilines is 1. The first-order chi connectivity index (χ1) is 8.01. The van der Waals surface area contributed by atoms with E-state index in [4.69, 9.17) is 0 Å². The van der Waals surface area contributed by atoms with Gasteiger partial charge < -0.3 is 10.0 Å². The van der Waals surface area contributed by atoms with E-state index in [0.717, 1.165) is 11.3 Å². The number of aromatic carboxylic acids is 1. The van der Waals surface area contributed by atoms with Crippen LogP contribution in [0.3, 0.4) is 0 Å². The third-order valence-corrected chi connectivity index (χ3v) is 2.57. The first-order valence-electron chi connectivity index (χ1n) is 5.58. The van der Waals surface area contributed by atoms with Crippen LogP contribution in [0.25, 0.3) is 0 Å². The molecule has 0 aromatic carbocycles. The number of aromatic nitrogens is 1. The van der Waals surface area contributed by atoms with Crippen molar-refractivity contribution < 1.29 is 9.90 Å². The van der Waals surface area contributed by atoms with Crippen LogP contribution in [0.5, 0.6) is 0 Å². The number of nitrogens with zero attached hydrogens (tertiary/aromatic N) is 2. The quantitative estimate of drug-likeness (QED) is 0.795. The predicted octanol–water partition coefficient (Wildman–Crippen LogP) is 2.41. The highest BCUT2D eigenvalue weighted by Crippen LogP contribution is 2.22. The van der Waals surface area contributed by atoms with Crippen LogP contribution >= 0.6 is 0 Å². The van der Waals surface area contributed by atoms with E-state index in [-0.39, 0.29) is 5.56 Å². The van der Waals surface area contributed by atoms with Gasteiger partial charge in [0.1, 0.15) is 11.4 Å². The molecule has 1 aromatic heterocycles. The average Bonchev–Trinajstić information content (AvgIpc) is 2.23. The van der Waals surface area contributed by atoms with Crippen LogP contribution in [-0.4, -0.2) is 29.1 Å². The second-order valence-corrected chi connectivity index (χ2v) is 3.91. The maximum absolute atomic E-state index is 11.3. The van der Waals surface area contributed by atoms with Crippen LogP contribution in [0.1, 0.15) is 28.5 Å². The third kappa shape index (κ3) is 2.84.